The molecule has 2 heterocycles. The van der Waals surface area contributed by atoms with Crippen LogP contribution in [0.2, 0.25) is 0 Å². The second-order valence-corrected chi connectivity index (χ2v) is 6.99. The van der Waals surface area contributed by atoms with Crippen LogP contribution in [0.15, 0.2) is 14.6 Å². The first-order chi connectivity index (χ1) is 12.1. The van der Waals surface area contributed by atoms with Gasteiger partial charge in [0.2, 0.25) is 5.88 Å². The Morgan fingerprint density at radius 1 is 1.23 bits per heavy atom. The number of ether oxygens (including phenoxy) is 1. The molecule has 0 bridgehead atoms. The molecule has 2 unspecified atom stereocenters. The third-order valence-electron chi connectivity index (χ3n) is 4.42. The molecular formula is C15H23N3O7S. The van der Waals surface area contributed by atoms with Gasteiger partial charge < -0.3 is 25.2 Å². The summed E-state index contributed by atoms with van der Waals surface area (Å²) in [6, 6.07) is -0.941. The zero-order chi connectivity index (χ0) is 19.8. The summed E-state index contributed by atoms with van der Waals surface area (Å²) in [6.07, 6.45) is -1.94. The minimum Gasteiger partial charge on any atom is -0.494 e. The van der Waals surface area contributed by atoms with Crippen LogP contribution < -0.4 is 11.2 Å². The molecule has 26 heavy (non-hydrogen) atoms. The molecule has 1 saturated heterocycles. The van der Waals surface area contributed by atoms with Gasteiger partial charge in [0.25, 0.3) is 5.56 Å². The third kappa shape index (κ3) is 3.45. The highest BCUT2D eigenvalue weighted by Gasteiger charge is 2.44. The summed E-state index contributed by atoms with van der Waals surface area (Å²) in [4.78, 5) is 28.5. The number of aliphatic hydroxyl groups is 3. The van der Waals surface area contributed by atoms with Gasteiger partial charge in [0, 0.05) is 14.1 Å². The molecule has 5 atom stereocenters. The second kappa shape index (κ2) is 7.92. The van der Waals surface area contributed by atoms with E-state index in [-0.39, 0.29) is 11.3 Å². The van der Waals surface area contributed by atoms with E-state index >= 15 is 0 Å². The molecule has 1 fully saturated rings. The van der Waals surface area contributed by atoms with Gasteiger partial charge in [-0.1, -0.05) is 0 Å². The molecule has 0 aromatic carbocycles. The monoisotopic (exact) mass is 389 g/mol. The Kier molecular flexibility index (Phi) is 6.29. The molecular weight excluding hydrogens is 366 g/mol. The summed E-state index contributed by atoms with van der Waals surface area (Å²) in [7, 11) is 2.59. The van der Waals surface area contributed by atoms with Crippen LogP contribution in [0, 0.1) is 0 Å². The van der Waals surface area contributed by atoms with Crippen LogP contribution >= 0.6 is 11.8 Å². The fraction of sp³-hybridized carbons (Fsp3) is 0.667. The Morgan fingerprint density at radius 3 is 2.38 bits per heavy atom. The summed E-state index contributed by atoms with van der Waals surface area (Å²) in [5.74, 6) is -0.542. The van der Waals surface area contributed by atoms with E-state index in [4.69, 9.17) is 4.74 Å². The van der Waals surface area contributed by atoms with Gasteiger partial charge in [-0.15, -0.1) is 11.8 Å². The summed E-state index contributed by atoms with van der Waals surface area (Å²) in [5.41, 5.74) is -2.19. The molecule has 1 aliphatic rings. The summed E-state index contributed by atoms with van der Waals surface area (Å²) in [6.45, 7) is 0.988. The Balaban J connectivity index is 2.53. The predicted octanol–water partition coefficient (Wildman–Crippen LogP) is -2.23. The zero-order valence-corrected chi connectivity index (χ0v) is 15.7. The lowest BCUT2D eigenvalue weighted by Gasteiger charge is -2.40. The summed E-state index contributed by atoms with van der Waals surface area (Å²) < 4.78 is 7.29. The van der Waals surface area contributed by atoms with Gasteiger partial charge in [0.1, 0.15) is 35.4 Å². The molecule has 0 saturated carbocycles. The lowest BCUT2D eigenvalue weighted by Crippen LogP contribution is -2.57. The van der Waals surface area contributed by atoms with Crippen molar-refractivity contribution < 1.29 is 25.2 Å². The molecule has 0 radical (unpaired) electrons. The topological polar surface area (TPSA) is 147 Å². The molecule has 0 amide bonds. The van der Waals surface area contributed by atoms with E-state index in [1.54, 1.807) is 6.26 Å². The fourth-order valence-electron chi connectivity index (χ4n) is 2.84. The highest BCUT2D eigenvalue weighted by molar-refractivity contribution is 7.99. The van der Waals surface area contributed by atoms with Crippen molar-refractivity contribution >= 4 is 17.5 Å². The van der Waals surface area contributed by atoms with E-state index in [9.17, 15) is 30.0 Å². The van der Waals surface area contributed by atoms with Crippen LogP contribution in [-0.2, 0) is 18.8 Å². The van der Waals surface area contributed by atoms with Gasteiger partial charge >= 0.3 is 5.69 Å². The number of aliphatic hydroxyl groups excluding tert-OH is 3. The normalized spacial score (nSPS) is 29.8. The van der Waals surface area contributed by atoms with E-state index < -0.39 is 53.5 Å². The highest BCUT2D eigenvalue weighted by atomic mass is 32.2. The minimum atomic E-state index is -1.36. The molecule has 2 rings (SSSR count). The number of aromatic hydroxyl groups is 1. The van der Waals surface area contributed by atoms with Crippen LogP contribution in [0.5, 0.6) is 5.88 Å². The van der Waals surface area contributed by atoms with Gasteiger partial charge in [-0.3, -0.25) is 18.9 Å². The number of aromatic nitrogens is 2. The van der Waals surface area contributed by atoms with E-state index in [2.05, 4.69) is 4.99 Å². The second-order valence-electron chi connectivity index (χ2n) is 6.05. The van der Waals surface area contributed by atoms with Gasteiger partial charge in [-0.2, -0.15) is 0 Å². The van der Waals surface area contributed by atoms with Crippen molar-refractivity contribution in [1.29, 1.82) is 0 Å². The minimum absolute atomic E-state index is 0.0834. The van der Waals surface area contributed by atoms with E-state index in [0.29, 0.717) is 0 Å². The van der Waals surface area contributed by atoms with Crippen LogP contribution in [0.4, 0.5) is 0 Å². The third-order valence-corrected chi connectivity index (χ3v) is 5.27. The summed E-state index contributed by atoms with van der Waals surface area (Å²) in [5, 5.41) is 39.9. The van der Waals surface area contributed by atoms with E-state index in [1.165, 1.54) is 32.8 Å². The molecule has 0 spiro atoms. The van der Waals surface area contributed by atoms with Crippen LogP contribution in [0.1, 0.15) is 12.5 Å². The quantitative estimate of drug-likeness (QED) is 0.423. The molecule has 1 aliphatic heterocycles. The van der Waals surface area contributed by atoms with Crippen LogP contribution in [0.3, 0.4) is 0 Å². The van der Waals surface area contributed by atoms with E-state index in [1.807, 2.05) is 0 Å². The Morgan fingerprint density at radius 2 is 1.85 bits per heavy atom. The maximum atomic E-state index is 12.4. The average Bonchev–Trinajstić information content (AvgIpc) is 2.62. The molecule has 10 nitrogen and oxygen atoms in total. The zero-order valence-electron chi connectivity index (χ0n) is 14.9. The maximum absolute atomic E-state index is 12.4. The largest absolute Gasteiger partial charge is 0.494 e. The summed E-state index contributed by atoms with van der Waals surface area (Å²) >= 11 is 1.22. The fourth-order valence-corrected chi connectivity index (χ4v) is 3.59. The van der Waals surface area contributed by atoms with Crippen molar-refractivity contribution in [2.75, 3.05) is 12.9 Å². The number of hydrogen-bond donors (Lipinski definition) is 4. The molecule has 4 N–H and O–H groups in total. The SMILES string of the molecule is CSC1OC(CO)[C@H](O)[C@H](O)[C@H]1N=C(C)c1c(O)n(C)c(=O)n(C)c1=O. The molecule has 1 aromatic rings. The lowest BCUT2D eigenvalue weighted by atomic mass is 9.98. The van der Waals surface area contributed by atoms with Crippen molar-refractivity contribution in [3.05, 3.63) is 26.4 Å². The number of aliphatic imine (C=N–C) groups is 1. The Hall–Kier alpha value is -1.66. The van der Waals surface area contributed by atoms with Crippen molar-refractivity contribution in [3.63, 3.8) is 0 Å². The molecule has 1 aromatic heterocycles. The van der Waals surface area contributed by atoms with Gasteiger partial charge in [0.05, 0.1) is 12.3 Å². The average molecular weight is 389 g/mol. The van der Waals surface area contributed by atoms with Crippen molar-refractivity contribution in [1.82, 2.24) is 9.13 Å². The number of thioether (sulfide) groups is 1. The maximum Gasteiger partial charge on any atom is 0.333 e. The van der Waals surface area contributed by atoms with Crippen molar-refractivity contribution in [3.8, 4) is 5.88 Å². The number of rotatable bonds is 4. The van der Waals surface area contributed by atoms with Gasteiger partial charge in [-0.05, 0) is 13.2 Å². The van der Waals surface area contributed by atoms with Crippen LogP contribution in [-0.4, -0.2) is 77.9 Å². The molecule has 146 valence electrons. The predicted molar refractivity (Wildman–Crippen MR) is 95.9 cm³/mol. The first-order valence-electron chi connectivity index (χ1n) is 7.84. The Bertz CT molecular complexity index is 817. The number of hydrogen-bond acceptors (Lipinski definition) is 9. The first kappa shape index (κ1) is 20.6. The van der Waals surface area contributed by atoms with Gasteiger partial charge in [-0.25, -0.2) is 4.79 Å². The molecule has 0 aliphatic carbocycles. The van der Waals surface area contributed by atoms with Crippen molar-refractivity contribution in [2.45, 2.75) is 36.7 Å². The smallest absolute Gasteiger partial charge is 0.333 e. The van der Waals surface area contributed by atoms with E-state index in [0.717, 1.165) is 9.13 Å². The number of nitrogens with zero attached hydrogens (tertiary/aromatic N) is 3. The lowest BCUT2D eigenvalue weighted by molar-refractivity contribution is -0.165. The van der Waals surface area contributed by atoms with Crippen molar-refractivity contribution in [2.24, 2.45) is 19.1 Å². The van der Waals surface area contributed by atoms with Crippen LogP contribution in [0.25, 0.3) is 0 Å². The highest BCUT2D eigenvalue weighted by Crippen LogP contribution is 2.29. The molecule has 11 heteroatoms. The standard InChI is InChI=1S/C15H23N3O7S/c1-6(8-12(22)17(2)15(24)18(3)13(8)23)16-9-11(21)10(20)7(5-19)25-14(9)26-4/h7,9-11,14,19-22H,5H2,1-4H3/t7?,9-,10+,11-,14?/m1/s1. The Labute approximate surface area is 153 Å². The first-order valence-corrected chi connectivity index (χ1v) is 9.13. The van der Waals surface area contributed by atoms with Gasteiger partial charge in [0.15, 0.2) is 0 Å².